The number of anilines is 2. The topological polar surface area (TPSA) is 77.2 Å². The monoisotopic (exact) mass is 289 g/mol. The first-order valence-corrected chi connectivity index (χ1v) is 6.47. The standard InChI is InChI=1S/C15H16FN3O2/c16-13-5-4-12(9-14(13)17)19-15(20)10-21-8-6-11-3-1-2-7-18-11/h1-5,7,9H,6,8,10,17H2,(H,19,20). The molecule has 0 unspecified atom stereocenters. The van der Waals surface area contributed by atoms with Crippen molar-refractivity contribution >= 4 is 17.3 Å². The van der Waals surface area contributed by atoms with Crippen molar-refractivity contribution in [3.63, 3.8) is 0 Å². The van der Waals surface area contributed by atoms with E-state index in [1.54, 1.807) is 6.20 Å². The highest BCUT2D eigenvalue weighted by Gasteiger charge is 2.05. The Kier molecular flexibility index (Phi) is 5.22. The predicted octanol–water partition coefficient (Wildman–Crippen LogP) is 2.00. The predicted molar refractivity (Wildman–Crippen MR) is 78.2 cm³/mol. The molecule has 0 aliphatic carbocycles. The average Bonchev–Trinajstić information content (AvgIpc) is 2.49. The third kappa shape index (κ3) is 4.85. The van der Waals surface area contributed by atoms with E-state index in [0.29, 0.717) is 18.7 Å². The van der Waals surface area contributed by atoms with Gasteiger partial charge in [0.05, 0.1) is 12.3 Å². The maximum atomic E-state index is 13.0. The van der Waals surface area contributed by atoms with Crippen LogP contribution < -0.4 is 11.1 Å². The van der Waals surface area contributed by atoms with Crippen LogP contribution in [0.1, 0.15) is 5.69 Å². The molecule has 0 spiro atoms. The molecule has 1 heterocycles. The lowest BCUT2D eigenvalue weighted by Gasteiger charge is -2.07. The summed E-state index contributed by atoms with van der Waals surface area (Å²) >= 11 is 0. The van der Waals surface area contributed by atoms with Crippen molar-refractivity contribution in [1.29, 1.82) is 0 Å². The molecule has 5 nitrogen and oxygen atoms in total. The van der Waals surface area contributed by atoms with Gasteiger partial charge in [0.2, 0.25) is 5.91 Å². The van der Waals surface area contributed by atoms with Crippen molar-refractivity contribution in [2.75, 3.05) is 24.3 Å². The van der Waals surface area contributed by atoms with E-state index in [2.05, 4.69) is 10.3 Å². The van der Waals surface area contributed by atoms with E-state index >= 15 is 0 Å². The van der Waals surface area contributed by atoms with Crippen molar-refractivity contribution in [1.82, 2.24) is 4.98 Å². The van der Waals surface area contributed by atoms with Crippen LogP contribution in [0.5, 0.6) is 0 Å². The Morgan fingerprint density at radius 2 is 2.19 bits per heavy atom. The van der Waals surface area contributed by atoms with Gasteiger partial charge >= 0.3 is 0 Å². The summed E-state index contributed by atoms with van der Waals surface area (Å²) < 4.78 is 18.2. The Labute approximate surface area is 121 Å². The molecule has 0 atom stereocenters. The number of ether oxygens (including phenoxy) is 1. The number of amides is 1. The Hall–Kier alpha value is -2.47. The minimum absolute atomic E-state index is 0.0103. The number of nitrogens with zero attached hydrogens (tertiary/aromatic N) is 1. The van der Waals surface area contributed by atoms with Gasteiger partial charge in [-0.3, -0.25) is 9.78 Å². The lowest BCUT2D eigenvalue weighted by atomic mass is 10.2. The summed E-state index contributed by atoms with van der Waals surface area (Å²) in [7, 11) is 0. The second-order valence-electron chi connectivity index (χ2n) is 4.41. The molecule has 21 heavy (non-hydrogen) atoms. The molecular weight excluding hydrogens is 273 g/mol. The SMILES string of the molecule is Nc1cc(NC(=O)COCCc2ccccn2)ccc1F. The summed E-state index contributed by atoms with van der Waals surface area (Å²) in [5, 5.41) is 2.58. The number of halogens is 1. The highest BCUT2D eigenvalue weighted by Crippen LogP contribution is 2.16. The van der Waals surface area contributed by atoms with E-state index in [9.17, 15) is 9.18 Å². The summed E-state index contributed by atoms with van der Waals surface area (Å²) in [6.07, 6.45) is 2.35. The lowest BCUT2D eigenvalue weighted by molar-refractivity contribution is -0.120. The minimum atomic E-state index is -0.514. The number of hydrogen-bond acceptors (Lipinski definition) is 4. The van der Waals surface area contributed by atoms with Gasteiger partial charge in [0.1, 0.15) is 12.4 Å². The Bertz CT molecular complexity index is 605. The van der Waals surface area contributed by atoms with Gasteiger partial charge in [-0.1, -0.05) is 6.07 Å². The average molecular weight is 289 g/mol. The highest BCUT2D eigenvalue weighted by molar-refractivity contribution is 5.92. The lowest BCUT2D eigenvalue weighted by Crippen LogP contribution is -2.19. The molecule has 0 fully saturated rings. The minimum Gasteiger partial charge on any atom is -0.396 e. The third-order valence-electron chi connectivity index (χ3n) is 2.74. The molecule has 2 rings (SSSR count). The maximum Gasteiger partial charge on any atom is 0.250 e. The van der Waals surface area contributed by atoms with Crippen LogP contribution in [0.15, 0.2) is 42.6 Å². The van der Waals surface area contributed by atoms with Crippen LogP contribution in [-0.2, 0) is 16.0 Å². The zero-order chi connectivity index (χ0) is 15.1. The van der Waals surface area contributed by atoms with Crippen LogP contribution in [0.25, 0.3) is 0 Å². The van der Waals surface area contributed by atoms with Gasteiger partial charge in [-0.15, -0.1) is 0 Å². The van der Waals surface area contributed by atoms with E-state index in [4.69, 9.17) is 10.5 Å². The summed E-state index contributed by atoms with van der Waals surface area (Å²) in [6, 6.07) is 9.64. The largest absolute Gasteiger partial charge is 0.396 e. The van der Waals surface area contributed by atoms with Gasteiger partial charge in [-0.05, 0) is 30.3 Å². The number of carbonyl (C=O) groups is 1. The number of pyridine rings is 1. The summed E-state index contributed by atoms with van der Waals surface area (Å²) in [6.45, 7) is 0.320. The molecule has 1 aromatic heterocycles. The number of nitrogen functional groups attached to an aromatic ring is 1. The van der Waals surface area contributed by atoms with Crippen molar-refractivity contribution < 1.29 is 13.9 Å². The fourth-order valence-corrected chi connectivity index (χ4v) is 1.71. The molecule has 1 amide bonds. The molecule has 0 aliphatic rings. The van der Waals surface area contributed by atoms with Gasteiger partial charge in [0.15, 0.2) is 0 Å². The quantitative estimate of drug-likeness (QED) is 0.630. The van der Waals surface area contributed by atoms with Crippen molar-refractivity contribution in [3.05, 3.63) is 54.1 Å². The Morgan fingerprint density at radius 3 is 2.90 bits per heavy atom. The van der Waals surface area contributed by atoms with E-state index in [-0.39, 0.29) is 18.2 Å². The number of rotatable bonds is 6. The summed E-state index contributed by atoms with van der Waals surface area (Å²) in [5.41, 5.74) is 6.75. The van der Waals surface area contributed by atoms with E-state index in [1.165, 1.54) is 18.2 Å². The van der Waals surface area contributed by atoms with Gasteiger partial charge in [-0.2, -0.15) is 0 Å². The zero-order valence-corrected chi connectivity index (χ0v) is 11.4. The van der Waals surface area contributed by atoms with Crippen molar-refractivity contribution in [3.8, 4) is 0 Å². The number of hydrogen-bond donors (Lipinski definition) is 2. The Balaban J connectivity index is 1.71. The van der Waals surface area contributed by atoms with Crippen LogP contribution in [0.4, 0.5) is 15.8 Å². The highest BCUT2D eigenvalue weighted by atomic mass is 19.1. The summed E-state index contributed by atoms with van der Waals surface area (Å²) in [4.78, 5) is 15.8. The maximum absolute atomic E-state index is 13.0. The van der Waals surface area contributed by atoms with Gasteiger partial charge in [-0.25, -0.2) is 4.39 Å². The second kappa shape index (κ2) is 7.35. The van der Waals surface area contributed by atoms with E-state index < -0.39 is 5.82 Å². The van der Waals surface area contributed by atoms with Gasteiger partial charge < -0.3 is 15.8 Å². The van der Waals surface area contributed by atoms with Crippen molar-refractivity contribution in [2.24, 2.45) is 0 Å². The van der Waals surface area contributed by atoms with E-state index in [0.717, 1.165) is 5.69 Å². The Morgan fingerprint density at radius 1 is 1.33 bits per heavy atom. The number of nitrogens with two attached hydrogens (primary N) is 1. The molecule has 0 saturated heterocycles. The second-order valence-corrected chi connectivity index (χ2v) is 4.41. The fourth-order valence-electron chi connectivity index (χ4n) is 1.71. The first kappa shape index (κ1) is 14.9. The first-order valence-electron chi connectivity index (χ1n) is 6.47. The molecule has 110 valence electrons. The number of carbonyl (C=O) groups excluding carboxylic acids is 1. The smallest absolute Gasteiger partial charge is 0.250 e. The van der Waals surface area contributed by atoms with Crippen molar-refractivity contribution in [2.45, 2.75) is 6.42 Å². The van der Waals surface area contributed by atoms with Gasteiger partial charge in [0, 0.05) is 24.0 Å². The normalized spacial score (nSPS) is 10.3. The molecule has 0 aliphatic heterocycles. The van der Waals surface area contributed by atoms with E-state index in [1.807, 2.05) is 18.2 Å². The fraction of sp³-hybridized carbons (Fsp3) is 0.200. The molecule has 0 radical (unpaired) electrons. The molecular formula is C15H16FN3O2. The van der Waals surface area contributed by atoms with Crippen LogP contribution >= 0.6 is 0 Å². The molecule has 6 heteroatoms. The zero-order valence-electron chi connectivity index (χ0n) is 11.4. The molecule has 2 aromatic rings. The molecule has 3 N–H and O–H groups in total. The first-order chi connectivity index (χ1) is 10.1. The van der Waals surface area contributed by atoms with Crippen LogP contribution in [0, 0.1) is 5.82 Å². The number of aromatic nitrogens is 1. The molecule has 1 aromatic carbocycles. The molecule has 0 saturated carbocycles. The van der Waals surface area contributed by atoms with Crippen LogP contribution in [0.2, 0.25) is 0 Å². The molecule has 0 bridgehead atoms. The van der Waals surface area contributed by atoms with Crippen LogP contribution in [0.3, 0.4) is 0 Å². The number of benzene rings is 1. The third-order valence-corrected chi connectivity index (χ3v) is 2.74. The number of nitrogens with one attached hydrogen (secondary N) is 1. The van der Waals surface area contributed by atoms with Crippen LogP contribution in [-0.4, -0.2) is 24.1 Å². The van der Waals surface area contributed by atoms with Gasteiger partial charge in [0.25, 0.3) is 0 Å². The summed E-state index contributed by atoms with van der Waals surface area (Å²) in [5.74, 6) is -0.832.